The summed E-state index contributed by atoms with van der Waals surface area (Å²) in [7, 11) is 0. The summed E-state index contributed by atoms with van der Waals surface area (Å²) < 4.78 is 0. The fourth-order valence-electron chi connectivity index (χ4n) is 5.55. The second kappa shape index (κ2) is 36.7. The lowest BCUT2D eigenvalue weighted by molar-refractivity contribution is 1.09. The quantitative estimate of drug-likeness (QED) is 0.163. The molecule has 0 amide bonds. The van der Waals surface area contributed by atoms with Crippen LogP contribution in [0.1, 0.15) is 150 Å². The maximum absolute atomic E-state index is 2.42. The van der Waals surface area contributed by atoms with Gasteiger partial charge in [-0.05, 0) is 64.9 Å². The number of benzene rings is 5. The molecule has 304 valence electrons. The molecule has 5 aromatic rings. The van der Waals surface area contributed by atoms with E-state index in [9.17, 15) is 0 Å². The van der Waals surface area contributed by atoms with Gasteiger partial charge in [0.05, 0.1) is 0 Å². The van der Waals surface area contributed by atoms with Crippen molar-refractivity contribution < 1.29 is 0 Å². The molecule has 7 rings (SSSR count). The van der Waals surface area contributed by atoms with Crippen LogP contribution in [0.5, 0.6) is 0 Å². The minimum atomic E-state index is 0.198. The molecule has 0 aromatic heterocycles. The Morgan fingerprint density at radius 2 is 0.545 bits per heavy atom. The first kappa shape index (κ1) is 55.1. The van der Waals surface area contributed by atoms with Crippen molar-refractivity contribution in [2.75, 3.05) is 9.80 Å². The largest absolute Gasteiger partial charge is 0.311 e. The Bertz CT molecular complexity index is 1430. The Balaban J connectivity index is -0.00000105. The van der Waals surface area contributed by atoms with Crippen LogP contribution in [-0.4, -0.2) is 6.71 Å². The molecule has 0 saturated heterocycles. The third kappa shape index (κ3) is 16.2. The van der Waals surface area contributed by atoms with E-state index >= 15 is 0 Å². The van der Waals surface area contributed by atoms with Crippen LogP contribution in [0.4, 0.5) is 34.1 Å². The molecule has 3 heteroatoms. The molecule has 0 N–H and O–H groups in total. The summed E-state index contributed by atoms with van der Waals surface area (Å²) >= 11 is 0. The van der Waals surface area contributed by atoms with Gasteiger partial charge in [0.1, 0.15) is 0 Å². The molecular formula is C52H83BN2. The van der Waals surface area contributed by atoms with Gasteiger partial charge in [-0.2, -0.15) is 0 Å². The van der Waals surface area contributed by atoms with E-state index in [0.29, 0.717) is 0 Å². The standard InChI is InChI=1S/C30H21BN2.4C3H8.5C2H6/c1-3-12-22(13-4-1)32-26-18-9-7-16-24(26)31-25-17-8-10-19-27(25)33(23-14-5-2-6-15-23)29-21-11-20-28(32)30(29)31;4*1-3-2;5*1-2/h1-21H;4*3H2,1-2H3;5*1-2H3. The lowest BCUT2D eigenvalue weighted by atomic mass is 9.33. The van der Waals surface area contributed by atoms with E-state index in [1.807, 2.05) is 69.2 Å². The monoisotopic (exact) mass is 747 g/mol. The molecular weight excluding hydrogens is 663 g/mol. The fraction of sp³-hybridized carbons (Fsp3) is 0.423. The molecule has 0 saturated carbocycles. The van der Waals surface area contributed by atoms with Crippen molar-refractivity contribution in [1.29, 1.82) is 0 Å². The van der Waals surface area contributed by atoms with Crippen LogP contribution in [0, 0.1) is 0 Å². The molecule has 0 unspecified atom stereocenters. The van der Waals surface area contributed by atoms with Gasteiger partial charge >= 0.3 is 0 Å². The van der Waals surface area contributed by atoms with E-state index in [0.717, 1.165) is 0 Å². The van der Waals surface area contributed by atoms with Gasteiger partial charge in [0.2, 0.25) is 0 Å². The molecule has 2 heterocycles. The lowest BCUT2D eigenvalue weighted by Crippen LogP contribution is -2.61. The Hall–Kier alpha value is -4.24. The smallest absolute Gasteiger partial charge is 0.252 e. The highest BCUT2D eigenvalue weighted by molar-refractivity contribution is 7.00. The van der Waals surface area contributed by atoms with E-state index in [1.54, 1.807) is 0 Å². The summed E-state index contributed by atoms with van der Waals surface area (Å²) in [6.45, 7) is 37.2. The van der Waals surface area contributed by atoms with Gasteiger partial charge in [-0.1, -0.05) is 229 Å². The van der Waals surface area contributed by atoms with Gasteiger partial charge in [0.25, 0.3) is 6.71 Å². The highest BCUT2D eigenvalue weighted by atomic mass is 15.2. The number of nitrogens with zero attached hydrogens (tertiary/aromatic N) is 2. The average Bonchev–Trinajstić information content (AvgIpc) is 3.26. The van der Waals surface area contributed by atoms with E-state index in [-0.39, 0.29) is 6.71 Å². The first-order valence-electron chi connectivity index (χ1n) is 22.1. The van der Waals surface area contributed by atoms with Crippen LogP contribution in [0.15, 0.2) is 127 Å². The molecule has 55 heavy (non-hydrogen) atoms. The van der Waals surface area contributed by atoms with E-state index in [4.69, 9.17) is 0 Å². The zero-order valence-corrected chi connectivity index (χ0v) is 38.9. The minimum absolute atomic E-state index is 0.198. The van der Waals surface area contributed by atoms with Crippen molar-refractivity contribution in [1.82, 2.24) is 0 Å². The number of hydrogen-bond donors (Lipinski definition) is 0. The molecule has 0 atom stereocenters. The minimum Gasteiger partial charge on any atom is -0.311 e. The van der Waals surface area contributed by atoms with Crippen LogP contribution < -0.4 is 26.2 Å². The van der Waals surface area contributed by atoms with Gasteiger partial charge in [0.15, 0.2) is 0 Å². The Morgan fingerprint density at radius 3 is 0.836 bits per heavy atom. The molecule has 5 aromatic carbocycles. The fourth-order valence-corrected chi connectivity index (χ4v) is 5.55. The molecule has 0 fully saturated rings. The summed E-state index contributed by atoms with van der Waals surface area (Å²) in [6.07, 6.45) is 5.00. The third-order valence-corrected chi connectivity index (χ3v) is 6.84. The van der Waals surface area contributed by atoms with E-state index in [1.165, 1.54) is 76.2 Å². The maximum Gasteiger partial charge on any atom is 0.252 e. The zero-order valence-electron chi connectivity index (χ0n) is 38.9. The molecule has 0 radical (unpaired) electrons. The van der Waals surface area contributed by atoms with Gasteiger partial charge in [-0.25, -0.2) is 0 Å². The number of rotatable bonds is 2. The maximum atomic E-state index is 2.42. The highest BCUT2D eigenvalue weighted by Gasteiger charge is 2.42. The van der Waals surface area contributed by atoms with Gasteiger partial charge in [-0.3, -0.25) is 0 Å². The lowest BCUT2D eigenvalue weighted by Gasteiger charge is -2.44. The van der Waals surface area contributed by atoms with Gasteiger partial charge in [0, 0.05) is 34.1 Å². The molecule has 2 aliphatic heterocycles. The summed E-state index contributed by atoms with van der Waals surface area (Å²) in [4.78, 5) is 4.84. The molecule has 2 nitrogen and oxygen atoms in total. The van der Waals surface area contributed by atoms with Crippen LogP contribution in [0.3, 0.4) is 0 Å². The van der Waals surface area contributed by atoms with Crippen LogP contribution >= 0.6 is 0 Å². The first-order chi connectivity index (χ1) is 27.1. The Labute approximate surface area is 343 Å². The molecule has 0 bridgehead atoms. The highest BCUT2D eigenvalue weighted by Crippen LogP contribution is 2.43. The Kier molecular flexibility index (Phi) is 36.8. The summed E-state index contributed by atoms with van der Waals surface area (Å²) in [6, 6.07) is 45.9. The Morgan fingerprint density at radius 1 is 0.309 bits per heavy atom. The molecule has 2 aliphatic rings. The summed E-state index contributed by atoms with van der Waals surface area (Å²) in [5.41, 5.74) is 11.4. The topological polar surface area (TPSA) is 6.48 Å². The van der Waals surface area contributed by atoms with Crippen LogP contribution in [0.25, 0.3) is 0 Å². The SMILES string of the molecule is CC.CC.CC.CC.CC.CCC.CCC.CCC.CCC.c1ccc(N2c3ccccc3B3c4ccccc4N(c4ccccc4)c4cccc2c43)cc1. The van der Waals surface area contributed by atoms with Crippen molar-refractivity contribution in [3.8, 4) is 0 Å². The number of fused-ring (bicyclic) bond motifs is 4. The number of para-hydroxylation sites is 4. The average molecular weight is 747 g/mol. The summed E-state index contributed by atoms with van der Waals surface area (Å²) in [5, 5.41) is 0. The van der Waals surface area contributed by atoms with E-state index in [2.05, 4.69) is 193 Å². The van der Waals surface area contributed by atoms with Crippen LogP contribution in [0.2, 0.25) is 0 Å². The normalized spacial score (nSPS) is 9.82. The second-order valence-electron chi connectivity index (χ2n) is 11.4. The van der Waals surface area contributed by atoms with Gasteiger partial charge < -0.3 is 9.80 Å². The molecule has 0 spiro atoms. The van der Waals surface area contributed by atoms with Crippen molar-refractivity contribution in [3.63, 3.8) is 0 Å². The molecule has 0 aliphatic carbocycles. The zero-order chi connectivity index (χ0) is 42.6. The second-order valence-corrected chi connectivity index (χ2v) is 11.4. The first-order valence-corrected chi connectivity index (χ1v) is 22.1. The van der Waals surface area contributed by atoms with Crippen molar-refractivity contribution in [3.05, 3.63) is 127 Å². The van der Waals surface area contributed by atoms with Gasteiger partial charge in [-0.15, -0.1) is 0 Å². The predicted molar refractivity (Wildman–Crippen MR) is 261 cm³/mol. The van der Waals surface area contributed by atoms with Crippen molar-refractivity contribution >= 4 is 57.2 Å². The van der Waals surface area contributed by atoms with E-state index < -0.39 is 0 Å². The van der Waals surface area contributed by atoms with Crippen molar-refractivity contribution in [2.45, 2.75) is 150 Å². The predicted octanol–water partition coefficient (Wildman–Crippen LogP) is 16.6. The van der Waals surface area contributed by atoms with Crippen molar-refractivity contribution in [2.24, 2.45) is 0 Å². The van der Waals surface area contributed by atoms with Crippen LogP contribution in [-0.2, 0) is 0 Å². The third-order valence-electron chi connectivity index (χ3n) is 6.84. The summed E-state index contributed by atoms with van der Waals surface area (Å²) in [5.74, 6) is 0. The number of anilines is 6. The number of hydrogen-bond acceptors (Lipinski definition) is 2.